The quantitative estimate of drug-likeness (QED) is 0.519. The molecule has 0 atom stereocenters. The van der Waals surface area contributed by atoms with Crippen molar-refractivity contribution in [3.63, 3.8) is 0 Å². The van der Waals surface area contributed by atoms with Crippen LogP contribution in [-0.2, 0) is 4.79 Å². The Morgan fingerprint density at radius 1 is 1.08 bits per heavy atom. The molecule has 0 saturated heterocycles. The smallest absolute Gasteiger partial charge is 0.349 e. The summed E-state index contributed by atoms with van der Waals surface area (Å²) in [6.45, 7) is 1.68. The largest absolute Gasteiger partial charge is 0.482 e. The first kappa shape index (κ1) is 17.7. The second kappa shape index (κ2) is 8.31. The fourth-order valence-electron chi connectivity index (χ4n) is 2.14. The molecule has 0 aliphatic rings. The Hall–Kier alpha value is -3.12. The van der Waals surface area contributed by atoms with Crippen molar-refractivity contribution in [1.82, 2.24) is 9.97 Å². The van der Waals surface area contributed by atoms with Gasteiger partial charge in [-0.05, 0) is 43.3 Å². The Kier molecular flexibility index (Phi) is 5.66. The summed E-state index contributed by atoms with van der Waals surface area (Å²) in [7, 11) is 0. The van der Waals surface area contributed by atoms with Gasteiger partial charge in [-0.3, -0.25) is 0 Å². The molecule has 6 nitrogen and oxygen atoms in total. The van der Waals surface area contributed by atoms with Gasteiger partial charge in [0.25, 0.3) is 0 Å². The van der Waals surface area contributed by atoms with Crippen molar-refractivity contribution >= 4 is 29.1 Å². The van der Waals surface area contributed by atoms with Crippen LogP contribution in [0.5, 0.6) is 11.5 Å². The molecule has 132 valence electrons. The van der Waals surface area contributed by atoms with Crippen molar-refractivity contribution in [2.75, 3.05) is 11.9 Å². The zero-order valence-corrected chi connectivity index (χ0v) is 14.7. The van der Waals surface area contributed by atoms with E-state index in [4.69, 9.17) is 21.1 Å². The number of aryl methyl sites for hydroxylation is 1. The van der Waals surface area contributed by atoms with Crippen molar-refractivity contribution in [2.24, 2.45) is 0 Å². The van der Waals surface area contributed by atoms with Crippen molar-refractivity contribution in [2.45, 2.75) is 6.92 Å². The van der Waals surface area contributed by atoms with Crippen LogP contribution in [0.4, 0.5) is 11.5 Å². The third kappa shape index (κ3) is 5.19. The lowest BCUT2D eigenvalue weighted by molar-refractivity contribution is -0.136. The maximum Gasteiger partial charge on any atom is 0.349 e. The van der Waals surface area contributed by atoms with Gasteiger partial charge in [0.15, 0.2) is 6.61 Å². The molecule has 7 heteroatoms. The van der Waals surface area contributed by atoms with Gasteiger partial charge in [0.2, 0.25) is 0 Å². The lowest BCUT2D eigenvalue weighted by Crippen LogP contribution is -2.17. The molecule has 0 radical (unpaired) electrons. The number of nitrogens with one attached hydrogen (secondary N) is 1. The highest BCUT2D eigenvalue weighted by atomic mass is 35.5. The van der Waals surface area contributed by atoms with E-state index in [-0.39, 0.29) is 6.61 Å². The van der Waals surface area contributed by atoms with E-state index in [2.05, 4.69) is 15.3 Å². The van der Waals surface area contributed by atoms with E-state index in [0.29, 0.717) is 22.3 Å². The number of benzene rings is 2. The summed E-state index contributed by atoms with van der Waals surface area (Å²) in [4.78, 5) is 20.1. The minimum Gasteiger partial charge on any atom is -0.482 e. The van der Waals surface area contributed by atoms with Crippen LogP contribution in [0, 0.1) is 6.92 Å². The SMILES string of the molecule is Cc1cc(Nc2cccc(OC(=O)COc3ccc(Cl)cc3)c2)ncn1. The summed E-state index contributed by atoms with van der Waals surface area (Å²) < 4.78 is 10.7. The number of ether oxygens (including phenoxy) is 2. The monoisotopic (exact) mass is 369 g/mol. The molecule has 26 heavy (non-hydrogen) atoms. The molecule has 0 bridgehead atoms. The molecule has 3 aromatic rings. The van der Waals surface area contributed by atoms with Crippen LogP contribution in [0.2, 0.25) is 5.02 Å². The van der Waals surface area contributed by atoms with E-state index < -0.39 is 5.97 Å². The van der Waals surface area contributed by atoms with Crippen LogP contribution in [0.15, 0.2) is 60.9 Å². The normalized spacial score (nSPS) is 10.2. The molecule has 1 N–H and O–H groups in total. The molecular weight excluding hydrogens is 354 g/mol. The predicted molar refractivity (Wildman–Crippen MR) is 99.1 cm³/mol. The molecule has 1 aromatic heterocycles. The Labute approximate surface area is 155 Å². The fourth-order valence-corrected chi connectivity index (χ4v) is 2.27. The number of carbonyl (C=O) groups is 1. The molecule has 0 spiro atoms. The first-order valence-electron chi connectivity index (χ1n) is 7.83. The molecule has 0 amide bonds. The summed E-state index contributed by atoms with van der Waals surface area (Å²) in [5, 5.41) is 3.74. The van der Waals surface area contributed by atoms with E-state index >= 15 is 0 Å². The molecule has 2 aromatic carbocycles. The van der Waals surface area contributed by atoms with Crippen molar-refractivity contribution in [3.05, 3.63) is 71.6 Å². The first-order chi connectivity index (χ1) is 12.6. The predicted octanol–water partition coefficient (Wildman–Crippen LogP) is 4.17. The lowest BCUT2D eigenvalue weighted by Gasteiger charge is -2.09. The van der Waals surface area contributed by atoms with Gasteiger partial charge < -0.3 is 14.8 Å². The minimum absolute atomic E-state index is 0.204. The number of rotatable bonds is 6. The average Bonchev–Trinajstić information content (AvgIpc) is 2.62. The summed E-state index contributed by atoms with van der Waals surface area (Å²) in [5.74, 6) is 1.11. The number of nitrogens with zero attached hydrogens (tertiary/aromatic N) is 2. The van der Waals surface area contributed by atoms with Gasteiger partial charge in [0.05, 0.1) is 0 Å². The van der Waals surface area contributed by atoms with E-state index in [1.54, 1.807) is 42.5 Å². The van der Waals surface area contributed by atoms with Gasteiger partial charge in [0, 0.05) is 28.5 Å². The van der Waals surface area contributed by atoms with Crippen LogP contribution < -0.4 is 14.8 Å². The maximum absolute atomic E-state index is 12.0. The second-order valence-electron chi connectivity index (χ2n) is 5.41. The third-order valence-corrected chi connectivity index (χ3v) is 3.56. The minimum atomic E-state index is -0.505. The van der Waals surface area contributed by atoms with E-state index in [0.717, 1.165) is 11.4 Å². The van der Waals surface area contributed by atoms with E-state index in [1.807, 2.05) is 19.1 Å². The zero-order chi connectivity index (χ0) is 18.4. The lowest BCUT2D eigenvalue weighted by atomic mass is 10.3. The topological polar surface area (TPSA) is 73.3 Å². The van der Waals surface area contributed by atoms with Gasteiger partial charge in [0.1, 0.15) is 23.6 Å². The molecule has 1 heterocycles. The zero-order valence-electron chi connectivity index (χ0n) is 14.0. The molecule has 0 fully saturated rings. The second-order valence-corrected chi connectivity index (χ2v) is 5.85. The van der Waals surface area contributed by atoms with Crippen LogP contribution in [-0.4, -0.2) is 22.5 Å². The van der Waals surface area contributed by atoms with E-state index in [1.165, 1.54) is 6.33 Å². The number of hydrogen-bond donors (Lipinski definition) is 1. The Morgan fingerprint density at radius 3 is 2.65 bits per heavy atom. The van der Waals surface area contributed by atoms with Crippen molar-refractivity contribution < 1.29 is 14.3 Å². The maximum atomic E-state index is 12.0. The van der Waals surface area contributed by atoms with E-state index in [9.17, 15) is 4.79 Å². The van der Waals surface area contributed by atoms with Crippen LogP contribution in [0.25, 0.3) is 0 Å². The summed E-state index contributed by atoms with van der Waals surface area (Å²) in [6, 6.07) is 15.6. The number of esters is 1. The van der Waals surface area contributed by atoms with Crippen LogP contribution in [0.1, 0.15) is 5.69 Å². The highest BCUT2D eigenvalue weighted by Gasteiger charge is 2.07. The Bertz CT molecular complexity index is 901. The average molecular weight is 370 g/mol. The van der Waals surface area contributed by atoms with Gasteiger partial charge in [-0.15, -0.1) is 0 Å². The number of hydrogen-bond acceptors (Lipinski definition) is 6. The molecule has 3 rings (SSSR count). The number of aromatic nitrogens is 2. The van der Waals surface area contributed by atoms with Crippen molar-refractivity contribution in [1.29, 1.82) is 0 Å². The Morgan fingerprint density at radius 2 is 1.88 bits per heavy atom. The molecule has 0 aliphatic carbocycles. The number of carbonyl (C=O) groups excluding carboxylic acids is 1. The number of anilines is 2. The number of halogens is 1. The molecule has 0 unspecified atom stereocenters. The summed E-state index contributed by atoms with van der Waals surface area (Å²) in [5.41, 5.74) is 1.59. The van der Waals surface area contributed by atoms with Gasteiger partial charge in [-0.1, -0.05) is 17.7 Å². The highest BCUT2D eigenvalue weighted by Crippen LogP contribution is 2.21. The third-order valence-electron chi connectivity index (χ3n) is 3.31. The van der Waals surface area contributed by atoms with Gasteiger partial charge >= 0.3 is 5.97 Å². The summed E-state index contributed by atoms with van der Waals surface area (Å²) in [6.07, 6.45) is 1.48. The standard InChI is InChI=1S/C19H16ClN3O3/c1-13-9-18(22-12-21-13)23-15-3-2-4-17(10-15)26-19(24)11-25-16-7-5-14(20)6-8-16/h2-10,12H,11H2,1H3,(H,21,22,23). The summed E-state index contributed by atoms with van der Waals surface area (Å²) >= 11 is 5.80. The highest BCUT2D eigenvalue weighted by molar-refractivity contribution is 6.30. The first-order valence-corrected chi connectivity index (χ1v) is 8.21. The molecular formula is C19H16ClN3O3. The van der Waals surface area contributed by atoms with Crippen LogP contribution in [0.3, 0.4) is 0 Å². The molecule has 0 aliphatic heterocycles. The fraction of sp³-hybridized carbons (Fsp3) is 0.105. The van der Waals surface area contributed by atoms with Crippen molar-refractivity contribution in [3.8, 4) is 11.5 Å². The molecule has 0 saturated carbocycles. The van der Waals surface area contributed by atoms with Gasteiger partial charge in [-0.25, -0.2) is 14.8 Å². The van der Waals surface area contributed by atoms with Crippen LogP contribution >= 0.6 is 11.6 Å². The Balaban J connectivity index is 1.57. The van der Waals surface area contributed by atoms with Gasteiger partial charge in [-0.2, -0.15) is 0 Å².